The molecule has 0 unspecified atom stereocenters. The van der Waals surface area contributed by atoms with Crippen LogP contribution in [0.2, 0.25) is 0 Å². The van der Waals surface area contributed by atoms with Gasteiger partial charge in [0.15, 0.2) is 0 Å². The molecular formula is C17H19BrN2O. The Balaban J connectivity index is 2.04. The van der Waals surface area contributed by atoms with Crippen LogP contribution in [0.5, 0.6) is 0 Å². The Morgan fingerprint density at radius 1 is 1.10 bits per heavy atom. The number of rotatable bonds is 5. The average molecular weight is 347 g/mol. The number of carbonyl (C=O) groups is 1. The molecule has 0 spiro atoms. The molecule has 1 amide bonds. The molecule has 3 nitrogen and oxygen atoms in total. The normalized spacial score (nSPS) is 10.2. The minimum atomic E-state index is -0.0984. The van der Waals surface area contributed by atoms with E-state index in [9.17, 15) is 4.79 Å². The Morgan fingerprint density at radius 2 is 1.76 bits per heavy atom. The first-order valence-corrected chi connectivity index (χ1v) is 7.81. The summed E-state index contributed by atoms with van der Waals surface area (Å²) in [7, 11) is 0. The van der Waals surface area contributed by atoms with Crippen LogP contribution in [-0.4, -0.2) is 12.5 Å². The van der Waals surface area contributed by atoms with E-state index in [2.05, 4.69) is 33.5 Å². The van der Waals surface area contributed by atoms with Crippen LogP contribution in [0.1, 0.15) is 29.3 Å². The fourth-order valence-corrected chi connectivity index (χ4v) is 2.18. The maximum atomic E-state index is 12.2. The minimum Gasteiger partial charge on any atom is -0.385 e. The van der Waals surface area contributed by atoms with Gasteiger partial charge in [-0.1, -0.05) is 22.9 Å². The number of benzene rings is 2. The van der Waals surface area contributed by atoms with Gasteiger partial charge in [0.05, 0.1) is 0 Å². The van der Waals surface area contributed by atoms with Crippen molar-refractivity contribution in [1.29, 1.82) is 0 Å². The molecule has 21 heavy (non-hydrogen) atoms. The smallest absolute Gasteiger partial charge is 0.255 e. The minimum absolute atomic E-state index is 0.0984. The zero-order chi connectivity index (χ0) is 15.2. The predicted molar refractivity (Wildman–Crippen MR) is 92.1 cm³/mol. The van der Waals surface area contributed by atoms with Gasteiger partial charge in [0.1, 0.15) is 0 Å². The van der Waals surface area contributed by atoms with E-state index >= 15 is 0 Å². The van der Waals surface area contributed by atoms with Crippen molar-refractivity contribution in [1.82, 2.24) is 0 Å². The highest BCUT2D eigenvalue weighted by molar-refractivity contribution is 9.10. The fourth-order valence-electron chi connectivity index (χ4n) is 1.93. The van der Waals surface area contributed by atoms with E-state index in [0.29, 0.717) is 5.56 Å². The largest absolute Gasteiger partial charge is 0.385 e. The van der Waals surface area contributed by atoms with E-state index in [1.165, 1.54) is 0 Å². The van der Waals surface area contributed by atoms with Crippen LogP contribution in [0.15, 0.2) is 46.9 Å². The lowest BCUT2D eigenvalue weighted by Crippen LogP contribution is -2.12. The van der Waals surface area contributed by atoms with Crippen LogP contribution in [0.4, 0.5) is 11.4 Å². The third-order valence-corrected chi connectivity index (χ3v) is 4.03. The van der Waals surface area contributed by atoms with E-state index in [1.54, 1.807) is 0 Å². The van der Waals surface area contributed by atoms with Gasteiger partial charge in [0.25, 0.3) is 5.91 Å². The van der Waals surface area contributed by atoms with E-state index in [0.717, 1.165) is 34.4 Å². The number of hydrogen-bond donors (Lipinski definition) is 2. The van der Waals surface area contributed by atoms with Crippen LogP contribution in [0.25, 0.3) is 0 Å². The summed E-state index contributed by atoms with van der Waals surface area (Å²) in [6.45, 7) is 5.05. The average Bonchev–Trinajstić information content (AvgIpc) is 2.49. The van der Waals surface area contributed by atoms with Crippen LogP contribution in [0.3, 0.4) is 0 Å². The van der Waals surface area contributed by atoms with Gasteiger partial charge in [-0.15, -0.1) is 0 Å². The summed E-state index contributed by atoms with van der Waals surface area (Å²) >= 11 is 3.45. The number of amides is 1. The van der Waals surface area contributed by atoms with E-state index < -0.39 is 0 Å². The lowest BCUT2D eigenvalue weighted by Gasteiger charge is -2.08. The van der Waals surface area contributed by atoms with Crippen molar-refractivity contribution in [3.05, 3.63) is 58.1 Å². The first-order chi connectivity index (χ1) is 10.1. The van der Waals surface area contributed by atoms with Crippen LogP contribution in [0, 0.1) is 6.92 Å². The molecule has 2 N–H and O–H groups in total. The Morgan fingerprint density at radius 3 is 2.38 bits per heavy atom. The monoisotopic (exact) mass is 346 g/mol. The van der Waals surface area contributed by atoms with Crippen LogP contribution in [-0.2, 0) is 0 Å². The van der Waals surface area contributed by atoms with E-state index in [4.69, 9.17) is 0 Å². The molecule has 2 aromatic carbocycles. The van der Waals surface area contributed by atoms with Crippen molar-refractivity contribution in [3.63, 3.8) is 0 Å². The molecule has 0 aliphatic rings. The highest BCUT2D eigenvalue weighted by Crippen LogP contribution is 2.20. The maximum Gasteiger partial charge on any atom is 0.255 e. The van der Waals surface area contributed by atoms with Crippen molar-refractivity contribution in [2.24, 2.45) is 0 Å². The predicted octanol–water partition coefficient (Wildman–Crippen LogP) is 4.83. The molecule has 0 saturated heterocycles. The van der Waals surface area contributed by atoms with E-state index in [1.807, 2.05) is 49.4 Å². The molecule has 0 bridgehead atoms. The van der Waals surface area contributed by atoms with Gasteiger partial charge in [-0.25, -0.2) is 0 Å². The van der Waals surface area contributed by atoms with Gasteiger partial charge < -0.3 is 10.6 Å². The van der Waals surface area contributed by atoms with Crippen LogP contribution < -0.4 is 10.6 Å². The van der Waals surface area contributed by atoms with Gasteiger partial charge in [0.2, 0.25) is 0 Å². The van der Waals surface area contributed by atoms with Crippen molar-refractivity contribution < 1.29 is 4.79 Å². The third kappa shape index (κ3) is 4.33. The standard InChI is InChI=1S/C17H19BrN2O/c1-3-10-19-14-6-4-13(5-7-14)17(21)20-15-8-9-16(18)12(2)11-15/h4-9,11,19H,3,10H2,1-2H3,(H,20,21). The van der Waals surface area contributed by atoms with Crippen molar-refractivity contribution in [2.45, 2.75) is 20.3 Å². The molecule has 4 heteroatoms. The number of halogens is 1. The molecule has 0 saturated carbocycles. The Labute approximate surface area is 133 Å². The number of anilines is 2. The second-order valence-corrected chi connectivity index (χ2v) is 5.78. The second-order valence-electron chi connectivity index (χ2n) is 4.92. The molecule has 0 aliphatic carbocycles. The van der Waals surface area contributed by atoms with Crippen molar-refractivity contribution in [2.75, 3.05) is 17.2 Å². The highest BCUT2D eigenvalue weighted by Gasteiger charge is 2.06. The topological polar surface area (TPSA) is 41.1 Å². The first kappa shape index (κ1) is 15.6. The number of nitrogens with one attached hydrogen (secondary N) is 2. The molecule has 0 fully saturated rings. The highest BCUT2D eigenvalue weighted by atomic mass is 79.9. The third-order valence-electron chi connectivity index (χ3n) is 3.14. The summed E-state index contributed by atoms with van der Waals surface area (Å²) < 4.78 is 1.03. The quantitative estimate of drug-likeness (QED) is 0.813. The molecule has 110 valence electrons. The number of carbonyl (C=O) groups excluding carboxylic acids is 1. The second kappa shape index (κ2) is 7.27. The Hall–Kier alpha value is -1.81. The Kier molecular flexibility index (Phi) is 5.39. The number of hydrogen-bond acceptors (Lipinski definition) is 2. The molecule has 2 aromatic rings. The summed E-state index contributed by atoms with van der Waals surface area (Å²) in [5.74, 6) is -0.0984. The van der Waals surface area contributed by atoms with Crippen molar-refractivity contribution >= 4 is 33.2 Å². The summed E-state index contributed by atoms with van der Waals surface area (Å²) in [6.07, 6.45) is 1.07. The summed E-state index contributed by atoms with van der Waals surface area (Å²) in [6, 6.07) is 13.3. The lowest BCUT2D eigenvalue weighted by molar-refractivity contribution is 0.102. The van der Waals surface area contributed by atoms with Gasteiger partial charge in [-0.3, -0.25) is 4.79 Å². The molecule has 0 radical (unpaired) electrons. The molecule has 2 rings (SSSR count). The SMILES string of the molecule is CCCNc1ccc(C(=O)Nc2ccc(Br)c(C)c2)cc1. The molecular weight excluding hydrogens is 328 g/mol. The summed E-state index contributed by atoms with van der Waals surface area (Å²) in [5, 5.41) is 6.20. The molecule has 0 heterocycles. The number of aryl methyl sites for hydroxylation is 1. The first-order valence-electron chi connectivity index (χ1n) is 7.01. The van der Waals surface area contributed by atoms with Crippen molar-refractivity contribution in [3.8, 4) is 0 Å². The van der Waals surface area contributed by atoms with Gasteiger partial charge >= 0.3 is 0 Å². The molecule has 0 aliphatic heterocycles. The summed E-state index contributed by atoms with van der Waals surface area (Å²) in [5.41, 5.74) is 3.58. The fraction of sp³-hybridized carbons (Fsp3) is 0.235. The molecule has 0 aromatic heterocycles. The maximum absolute atomic E-state index is 12.2. The van der Waals surface area contributed by atoms with Gasteiger partial charge in [-0.05, 0) is 61.4 Å². The van der Waals surface area contributed by atoms with Gasteiger partial charge in [0, 0.05) is 28.0 Å². The van der Waals surface area contributed by atoms with E-state index in [-0.39, 0.29) is 5.91 Å². The lowest BCUT2D eigenvalue weighted by atomic mass is 10.1. The summed E-state index contributed by atoms with van der Waals surface area (Å²) in [4.78, 5) is 12.2. The Bertz CT molecular complexity index is 623. The van der Waals surface area contributed by atoms with Gasteiger partial charge in [-0.2, -0.15) is 0 Å². The molecule has 0 atom stereocenters. The zero-order valence-corrected chi connectivity index (χ0v) is 13.8. The van der Waals surface area contributed by atoms with Crippen LogP contribution >= 0.6 is 15.9 Å². The zero-order valence-electron chi connectivity index (χ0n) is 12.2.